The molecule has 0 radical (unpaired) electrons. The molecule has 2 N–H and O–H groups in total. The Bertz CT molecular complexity index is 827. The number of anilines is 1. The van der Waals surface area contributed by atoms with Crippen molar-refractivity contribution in [2.75, 3.05) is 11.9 Å². The van der Waals surface area contributed by atoms with Crippen LogP contribution in [0.1, 0.15) is 5.82 Å². The number of aromatic nitrogens is 2. The second-order valence-corrected chi connectivity index (χ2v) is 5.65. The summed E-state index contributed by atoms with van der Waals surface area (Å²) in [4.78, 5) is 16.4. The second kappa shape index (κ2) is 7.23. The number of urea groups is 1. The third kappa shape index (κ3) is 3.78. The first-order chi connectivity index (χ1) is 11.6. The predicted octanol–water partition coefficient (Wildman–Crippen LogP) is 3.70. The maximum atomic E-state index is 11.9. The first kappa shape index (κ1) is 16.1. The largest absolute Gasteiger partial charge is 0.463 e. The van der Waals surface area contributed by atoms with Gasteiger partial charge >= 0.3 is 6.03 Å². The minimum absolute atomic E-state index is 0.302. The zero-order valence-electron chi connectivity index (χ0n) is 13.1. The van der Waals surface area contributed by atoms with E-state index in [0.717, 1.165) is 17.3 Å². The third-order valence-corrected chi connectivity index (χ3v) is 3.83. The van der Waals surface area contributed by atoms with Crippen molar-refractivity contribution in [2.24, 2.45) is 7.05 Å². The lowest BCUT2D eigenvalue weighted by Crippen LogP contribution is -2.30. The summed E-state index contributed by atoms with van der Waals surface area (Å²) in [5.41, 5.74) is 1.35. The summed E-state index contributed by atoms with van der Waals surface area (Å²) in [6.45, 7) is 0.457. The van der Waals surface area contributed by atoms with E-state index in [1.807, 2.05) is 42.1 Å². The Balaban J connectivity index is 1.53. The SMILES string of the molecule is Cn1cc(-c2ccco2)nc1CCNC(=O)Nc1ccccc1Cl. The van der Waals surface area contributed by atoms with Crippen molar-refractivity contribution >= 4 is 23.3 Å². The molecule has 3 aromatic rings. The molecule has 0 aliphatic carbocycles. The number of benzene rings is 1. The Labute approximate surface area is 144 Å². The molecule has 0 spiro atoms. The molecular formula is C17H17ClN4O2. The number of aryl methyl sites for hydroxylation is 1. The molecule has 0 aliphatic heterocycles. The summed E-state index contributed by atoms with van der Waals surface area (Å²) in [6.07, 6.45) is 4.12. The molecule has 0 unspecified atom stereocenters. The molecule has 6 nitrogen and oxygen atoms in total. The first-order valence-electron chi connectivity index (χ1n) is 7.49. The van der Waals surface area contributed by atoms with Crippen LogP contribution in [-0.4, -0.2) is 22.1 Å². The van der Waals surface area contributed by atoms with Crippen LogP contribution in [0.2, 0.25) is 5.02 Å². The standard InChI is InChI=1S/C17H17ClN4O2/c1-22-11-14(15-7-4-10-24-15)20-16(22)8-9-19-17(23)21-13-6-3-2-5-12(13)18/h2-7,10-11H,8-9H2,1H3,(H2,19,21,23). The summed E-state index contributed by atoms with van der Waals surface area (Å²) >= 11 is 6.01. The number of amides is 2. The number of nitrogens with zero attached hydrogens (tertiary/aromatic N) is 2. The highest BCUT2D eigenvalue weighted by molar-refractivity contribution is 6.33. The number of carbonyl (C=O) groups excluding carboxylic acids is 1. The van der Waals surface area contributed by atoms with E-state index in [1.165, 1.54) is 0 Å². The molecule has 1 aromatic carbocycles. The number of furan rings is 1. The smallest absolute Gasteiger partial charge is 0.319 e. The average Bonchev–Trinajstić information content (AvgIpc) is 3.20. The van der Waals surface area contributed by atoms with Gasteiger partial charge in [-0.25, -0.2) is 9.78 Å². The van der Waals surface area contributed by atoms with Gasteiger partial charge < -0.3 is 19.6 Å². The van der Waals surface area contributed by atoms with E-state index >= 15 is 0 Å². The number of carbonyl (C=O) groups is 1. The molecule has 3 rings (SSSR count). The highest BCUT2D eigenvalue weighted by atomic mass is 35.5. The lowest BCUT2D eigenvalue weighted by molar-refractivity contribution is 0.252. The van der Waals surface area contributed by atoms with Crippen LogP contribution >= 0.6 is 11.6 Å². The zero-order valence-corrected chi connectivity index (χ0v) is 13.9. The number of hydrogen-bond donors (Lipinski definition) is 2. The van der Waals surface area contributed by atoms with Crippen molar-refractivity contribution < 1.29 is 9.21 Å². The van der Waals surface area contributed by atoms with Crippen LogP contribution in [0.4, 0.5) is 10.5 Å². The summed E-state index contributed by atoms with van der Waals surface area (Å²) in [7, 11) is 1.92. The fourth-order valence-corrected chi connectivity index (χ4v) is 2.48. The van der Waals surface area contributed by atoms with Gasteiger partial charge in [-0.05, 0) is 24.3 Å². The van der Waals surface area contributed by atoms with Gasteiger partial charge in [-0.1, -0.05) is 23.7 Å². The molecule has 0 saturated carbocycles. The highest BCUT2D eigenvalue weighted by Gasteiger charge is 2.10. The molecule has 2 aromatic heterocycles. The average molecular weight is 345 g/mol. The van der Waals surface area contributed by atoms with Crippen molar-refractivity contribution in [3.63, 3.8) is 0 Å². The van der Waals surface area contributed by atoms with E-state index < -0.39 is 0 Å². The van der Waals surface area contributed by atoms with E-state index in [9.17, 15) is 4.79 Å². The molecule has 0 bridgehead atoms. The van der Waals surface area contributed by atoms with Gasteiger partial charge in [-0.3, -0.25) is 0 Å². The number of imidazole rings is 1. The normalized spacial score (nSPS) is 10.6. The molecule has 2 amide bonds. The second-order valence-electron chi connectivity index (χ2n) is 5.24. The van der Waals surface area contributed by atoms with Crippen LogP contribution in [0.3, 0.4) is 0 Å². The minimum Gasteiger partial charge on any atom is -0.463 e. The Morgan fingerprint density at radius 3 is 2.88 bits per heavy atom. The van der Waals surface area contributed by atoms with Crippen molar-refractivity contribution in [1.29, 1.82) is 0 Å². The number of halogens is 1. The zero-order chi connectivity index (χ0) is 16.9. The fraction of sp³-hybridized carbons (Fsp3) is 0.176. The van der Waals surface area contributed by atoms with E-state index in [2.05, 4.69) is 15.6 Å². The summed E-state index contributed by atoms with van der Waals surface area (Å²) in [6, 6.07) is 10.5. The Morgan fingerprint density at radius 1 is 1.29 bits per heavy atom. The molecule has 0 atom stereocenters. The van der Waals surface area contributed by atoms with Gasteiger partial charge in [0.2, 0.25) is 0 Å². The highest BCUT2D eigenvalue weighted by Crippen LogP contribution is 2.20. The van der Waals surface area contributed by atoms with E-state index in [4.69, 9.17) is 16.0 Å². The Morgan fingerprint density at radius 2 is 2.12 bits per heavy atom. The van der Waals surface area contributed by atoms with Crippen molar-refractivity contribution in [1.82, 2.24) is 14.9 Å². The molecule has 24 heavy (non-hydrogen) atoms. The minimum atomic E-state index is -0.302. The van der Waals surface area contributed by atoms with Crippen molar-refractivity contribution in [2.45, 2.75) is 6.42 Å². The molecule has 0 fully saturated rings. The van der Waals surface area contributed by atoms with Crippen molar-refractivity contribution in [3.8, 4) is 11.5 Å². The topological polar surface area (TPSA) is 72.1 Å². The number of hydrogen-bond acceptors (Lipinski definition) is 3. The monoisotopic (exact) mass is 344 g/mol. The molecule has 2 heterocycles. The van der Waals surface area contributed by atoms with Crippen LogP contribution in [0, 0.1) is 0 Å². The van der Waals surface area contributed by atoms with Crippen LogP contribution in [0.5, 0.6) is 0 Å². The van der Waals surface area contributed by atoms with Crippen molar-refractivity contribution in [3.05, 3.63) is 59.7 Å². The van der Waals surface area contributed by atoms with Gasteiger partial charge in [0.1, 0.15) is 11.5 Å². The lowest BCUT2D eigenvalue weighted by atomic mass is 10.3. The molecular weight excluding hydrogens is 328 g/mol. The van der Waals surface area contributed by atoms with Gasteiger partial charge in [-0.15, -0.1) is 0 Å². The number of para-hydroxylation sites is 1. The summed E-state index contributed by atoms with van der Waals surface area (Å²) < 4.78 is 7.26. The van der Waals surface area contributed by atoms with E-state index in [0.29, 0.717) is 23.7 Å². The molecule has 0 aliphatic rings. The van der Waals surface area contributed by atoms with Crippen LogP contribution in [0.15, 0.2) is 53.3 Å². The maximum Gasteiger partial charge on any atom is 0.319 e. The lowest BCUT2D eigenvalue weighted by Gasteiger charge is -2.08. The van der Waals surface area contributed by atoms with Gasteiger partial charge in [0.05, 0.1) is 17.0 Å². The third-order valence-electron chi connectivity index (χ3n) is 3.50. The summed E-state index contributed by atoms with van der Waals surface area (Å²) in [5.74, 6) is 1.58. The van der Waals surface area contributed by atoms with Gasteiger partial charge in [0.25, 0.3) is 0 Å². The number of rotatable bonds is 5. The quantitative estimate of drug-likeness (QED) is 0.741. The number of nitrogens with one attached hydrogen (secondary N) is 2. The van der Waals surface area contributed by atoms with E-state index in [1.54, 1.807) is 18.4 Å². The van der Waals surface area contributed by atoms with Crippen LogP contribution in [0.25, 0.3) is 11.5 Å². The fourth-order valence-electron chi connectivity index (χ4n) is 2.30. The molecule has 124 valence electrons. The summed E-state index contributed by atoms with van der Waals surface area (Å²) in [5, 5.41) is 6.01. The predicted molar refractivity (Wildman–Crippen MR) is 93.1 cm³/mol. The molecule has 0 saturated heterocycles. The van der Waals surface area contributed by atoms with Gasteiger partial charge in [-0.2, -0.15) is 0 Å². The molecule has 7 heteroatoms. The van der Waals surface area contributed by atoms with E-state index in [-0.39, 0.29) is 6.03 Å². The van der Waals surface area contributed by atoms with Crippen LogP contribution in [-0.2, 0) is 13.5 Å². The van der Waals surface area contributed by atoms with Crippen LogP contribution < -0.4 is 10.6 Å². The Hall–Kier alpha value is -2.73. The first-order valence-corrected chi connectivity index (χ1v) is 7.87. The van der Waals surface area contributed by atoms with Gasteiger partial charge in [0, 0.05) is 26.2 Å². The maximum absolute atomic E-state index is 11.9. The Kier molecular flexibility index (Phi) is 4.86. The van der Waals surface area contributed by atoms with Gasteiger partial charge in [0.15, 0.2) is 5.76 Å².